The van der Waals surface area contributed by atoms with Gasteiger partial charge in [0.05, 0.1) is 7.11 Å². The van der Waals surface area contributed by atoms with Crippen LogP contribution in [0.3, 0.4) is 0 Å². The quantitative estimate of drug-likeness (QED) is 0.526. The molecule has 1 amide bonds. The highest BCUT2D eigenvalue weighted by Crippen LogP contribution is 2.14. The fourth-order valence-electron chi connectivity index (χ4n) is 1.03. The smallest absolute Gasteiger partial charge is 0.376 e. The molecule has 1 rings (SSSR count). The number of primary amides is 1. The molecule has 0 aromatic carbocycles. The molecule has 2 atom stereocenters. The Balaban J connectivity index is 2.87. The molecule has 17 heavy (non-hydrogen) atoms. The summed E-state index contributed by atoms with van der Waals surface area (Å²) in [6.45, 7) is 0. The number of aromatic nitrogens is 2. The summed E-state index contributed by atoms with van der Waals surface area (Å²) in [5, 5.41) is 18.7. The van der Waals surface area contributed by atoms with Crippen LogP contribution in [0.1, 0.15) is 22.3 Å². The summed E-state index contributed by atoms with van der Waals surface area (Å²) in [6.07, 6.45) is -1.12. The number of hydrogen-bond donors (Lipinski definition) is 3. The van der Waals surface area contributed by atoms with E-state index in [9.17, 15) is 19.8 Å². The Morgan fingerprint density at radius 3 is 2.29 bits per heavy atom. The van der Waals surface area contributed by atoms with Gasteiger partial charge in [-0.2, -0.15) is 0 Å². The van der Waals surface area contributed by atoms with Gasteiger partial charge in [0, 0.05) is 18.0 Å². The lowest BCUT2D eigenvalue weighted by Gasteiger charge is -2.14. The van der Waals surface area contributed by atoms with Crippen LogP contribution in [0, 0.1) is 0 Å². The normalized spacial score (nSPS) is 13.8. The van der Waals surface area contributed by atoms with Crippen molar-refractivity contribution in [3.63, 3.8) is 0 Å². The van der Waals surface area contributed by atoms with Crippen LogP contribution in [-0.4, -0.2) is 45.3 Å². The van der Waals surface area contributed by atoms with Crippen LogP contribution in [-0.2, 0) is 9.53 Å². The van der Waals surface area contributed by atoms with E-state index in [1.54, 1.807) is 0 Å². The van der Waals surface area contributed by atoms with Crippen LogP contribution in [0.25, 0.3) is 0 Å². The summed E-state index contributed by atoms with van der Waals surface area (Å²) in [7, 11) is 1.17. The summed E-state index contributed by atoms with van der Waals surface area (Å²) in [4.78, 5) is 28.8. The van der Waals surface area contributed by atoms with Gasteiger partial charge in [-0.05, 0) is 0 Å². The number of aliphatic hydroxyl groups excluding tert-OH is 2. The highest BCUT2D eigenvalue weighted by Gasteiger charge is 2.24. The molecule has 1 heterocycles. The van der Waals surface area contributed by atoms with Crippen molar-refractivity contribution in [3.8, 4) is 0 Å². The molecule has 2 unspecified atom stereocenters. The molecule has 0 spiro atoms. The first-order chi connectivity index (χ1) is 7.97. The van der Waals surface area contributed by atoms with Gasteiger partial charge in [-0.3, -0.25) is 4.79 Å². The maximum Gasteiger partial charge on any atom is 0.376 e. The van der Waals surface area contributed by atoms with E-state index in [4.69, 9.17) is 5.73 Å². The number of rotatable bonds is 4. The molecule has 92 valence electrons. The second-order valence-corrected chi connectivity index (χ2v) is 3.12. The standard InChI is InChI=1S/C9H11N3O5/c1-17-9(16)8-11-2-4(3-12-8)5(13)6(14)7(10)15/h2-3,5-6,13-14H,1H3,(H2,10,15). The van der Waals surface area contributed by atoms with Crippen LogP contribution in [0.2, 0.25) is 0 Å². The molecule has 0 aliphatic carbocycles. The maximum atomic E-state index is 11.0. The molecule has 0 aliphatic heterocycles. The van der Waals surface area contributed by atoms with E-state index in [1.807, 2.05) is 0 Å². The number of hydrogen-bond acceptors (Lipinski definition) is 7. The minimum Gasteiger partial charge on any atom is -0.463 e. The predicted molar refractivity (Wildman–Crippen MR) is 53.5 cm³/mol. The van der Waals surface area contributed by atoms with Gasteiger partial charge in [-0.25, -0.2) is 14.8 Å². The second kappa shape index (κ2) is 5.32. The van der Waals surface area contributed by atoms with Crippen molar-refractivity contribution in [2.24, 2.45) is 5.73 Å². The molecule has 0 radical (unpaired) electrons. The molecule has 8 heteroatoms. The minimum atomic E-state index is -1.76. The lowest BCUT2D eigenvalue weighted by molar-refractivity contribution is -0.132. The number of nitrogens with two attached hydrogens (primary N) is 1. The lowest BCUT2D eigenvalue weighted by atomic mass is 10.1. The van der Waals surface area contributed by atoms with E-state index >= 15 is 0 Å². The van der Waals surface area contributed by atoms with Crippen molar-refractivity contribution in [2.75, 3.05) is 7.11 Å². The van der Waals surface area contributed by atoms with Crippen molar-refractivity contribution in [1.82, 2.24) is 9.97 Å². The van der Waals surface area contributed by atoms with Gasteiger partial charge in [0.1, 0.15) is 6.10 Å². The Morgan fingerprint density at radius 1 is 1.35 bits per heavy atom. The summed E-state index contributed by atoms with van der Waals surface area (Å²) < 4.78 is 4.37. The molecular weight excluding hydrogens is 230 g/mol. The van der Waals surface area contributed by atoms with Crippen LogP contribution in [0.5, 0.6) is 0 Å². The van der Waals surface area contributed by atoms with Gasteiger partial charge < -0.3 is 20.7 Å². The first kappa shape index (κ1) is 13.0. The van der Waals surface area contributed by atoms with E-state index in [1.165, 1.54) is 7.11 Å². The van der Waals surface area contributed by atoms with Crippen LogP contribution in [0.15, 0.2) is 12.4 Å². The number of ether oxygens (including phenoxy) is 1. The Bertz CT molecular complexity index is 419. The highest BCUT2D eigenvalue weighted by molar-refractivity contribution is 5.84. The van der Waals surface area contributed by atoms with E-state index in [0.29, 0.717) is 0 Å². The van der Waals surface area contributed by atoms with Gasteiger partial charge in [-0.1, -0.05) is 0 Å². The highest BCUT2D eigenvalue weighted by atomic mass is 16.5. The molecule has 1 aromatic heterocycles. The zero-order valence-corrected chi connectivity index (χ0v) is 8.90. The van der Waals surface area contributed by atoms with Crippen molar-refractivity contribution in [3.05, 3.63) is 23.8 Å². The van der Waals surface area contributed by atoms with Crippen LogP contribution >= 0.6 is 0 Å². The third-order valence-electron chi connectivity index (χ3n) is 1.97. The van der Waals surface area contributed by atoms with E-state index in [2.05, 4.69) is 14.7 Å². The number of amides is 1. The number of esters is 1. The number of methoxy groups -OCH3 is 1. The predicted octanol–water partition coefficient (Wildman–Crippen LogP) is -1.86. The fraction of sp³-hybridized carbons (Fsp3) is 0.333. The van der Waals surface area contributed by atoms with Crippen molar-refractivity contribution in [1.29, 1.82) is 0 Å². The molecular formula is C9H11N3O5. The number of carbonyl (C=O) groups is 2. The SMILES string of the molecule is COC(=O)c1ncc(C(O)C(O)C(N)=O)cn1. The Hall–Kier alpha value is -2.06. The van der Waals surface area contributed by atoms with Crippen molar-refractivity contribution < 1.29 is 24.5 Å². The summed E-state index contributed by atoms with van der Waals surface area (Å²) in [5.74, 6) is -2.01. The monoisotopic (exact) mass is 241 g/mol. The summed E-state index contributed by atoms with van der Waals surface area (Å²) in [6, 6.07) is 0. The lowest BCUT2D eigenvalue weighted by Crippen LogP contribution is -2.34. The first-order valence-electron chi connectivity index (χ1n) is 4.53. The van der Waals surface area contributed by atoms with E-state index in [-0.39, 0.29) is 11.4 Å². The molecule has 0 saturated heterocycles. The van der Waals surface area contributed by atoms with Gasteiger partial charge in [0.2, 0.25) is 11.7 Å². The molecule has 0 fully saturated rings. The van der Waals surface area contributed by atoms with Crippen molar-refractivity contribution in [2.45, 2.75) is 12.2 Å². The maximum absolute atomic E-state index is 11.0. The Morgan fingerprint density at radius 2 is 1.88 bits per heavy atom. The Kier molecular flexibility index (Phi) is 4.07. The van der Waals surface area contributed by atoms with E-state index in [0.717, 1.165) is 12.4 Å². The summed E-state index contributed by atoms with van der Waals surface area (Å²) in [5.41, 5.74) is 4.87. The number of nitrogens with zero attached hydrogens (tertiary/aromatic N) is 2. The third kappa shape index (κ3) is 2.95. The largest absolute Gasteiger partial charge is 0.463 e. The van der Waals surface area contributed by atoms with Crippen molar-refractivity contribution >= 4 is 11.9 Å². The van der Waals surface area contributed by atoms with Gasteiger partial charge in [-0.15, -0.1) is 0 Å². The molecule has 0 bridgehead atoms. The van der Waals surface area contributed by atoms with E-state index < -0.39 is 24.1 Å². The van der Waals surface area contributed by atoms with Gasteiger partial charge >= 0.3 is 5.97 Å². The molecule has 0 saturated carbocycles. The Labute approximate surface area is 96.1 Å². The summed E-state index contributed by atoms with van der Waals surface area (Å²) >= 11 is 0. The fourth-order valence-corrected chi connectivity index (χ4v) is 1.03. The molecule has 4 N–H and O–H groups in total. The topological polar surface area (TPSA) is 136 Å². The molecule has 1 aromatic rings. The number of carbonyl (C=O) groups excluding carboxylic acids is 2. The third-order valence-corrected chi connectivity index (χ3v) is 1.97. The van der Waals surface area contributed by atoms with Gasteiger partial charge in [0.25, 0.3) is 0 Å². The van der Waals surface area contributed by atoms with Gasteiger partial charge in [0.15, 0.2) is 6.10 Å². The second-order valence-electron chi connectivity index (χ2n) is 3.12. The zero-order valence-electron chi connectivity index (χ0n) is 8.90. The first-order valence-corrected chi connectivity index (χ1v) is 4.53. The molecule has 8 nitrogen and oxygen atoms in total. The van der Waals surface area contributed by atoms with Crippen LogP contribution < -0.4 is 5.73 Å². The zero-order chi connectivity index (χ0) is 13.0. The molecule has 0 aliphatic rings. The average molecular weight is 241 g/mol. The number of aliphatic hydroxyl groups is 2. The minimum absolute atomic E-state index is 0.0592. The van der Waals surface area contributed by atoms with Crippen LogP contribution in [0.4, 0.5) is 0 Å². The average Bonchev–Trinajstić information content (AvgIpc) is 2.36.